The zero-order valence-electron chi connectivity index (χ0n) is 22.2. The molecular weight excluding hydrogens is 547 g/mol. The Morgan fingerprint density at radius 2 is 1.18 bits per heavy atom. The monoisotopic (exact) mass is 580 g/mol. The molecular formula is C31H34Cl2N4O3. The summed E-state index contributed by atoms with van der Waals surface area (Å²) in [5.74, 6) is 4.53. The van der Waals surface area contributed by atoms with Crippen LogP contribution in [0.5, 0.6) is 11.5 Å². The van der Waals surface area contributed by atoms with Crippen LogP contribution in [0.15, 0.2) is 87.2 Å². The summed E-state index contributed by atoms with van der Waals surface area (Å²) < 4.78 is 18.0. The summed E-state index contributed by atoms with van der Waals surface area (Å²) in [6.07, 6.45) is 3.04. The molecule has 3 heterocycles. The summed E-state index contributed by atoms with van der Waals surface area (Å²) in [4.78, 5) is 8.94. The first-order valence-corrected chi connectivity index (χ1v) is 13.4. The van der Waals surface area contributed by atoms with E-state index in [2.05, 4.69) is 57.0 Å². The summed E-state index contributed by atoms with van der Waals surface area (Å²) in [7, 11) is 0. The second-order valence-electron chi connectivity index (χ2n) is 9.48. The van der Waals surface area contributed by atoms with Crippen molar-refractivity contribution in [3.05, 3.63) is 83.9 Å². The third kappa shape index (κ3) is 7.09. The fourth-order valence-corrected chi connectivity index (χ4v) is 4.69. The minimum absolute atomic E-state index is 0. The molecule has 40 heavy (non-hydrogen) atoms. The maximum atomic E-state index is 6.15. The van der Waals surface area contributed by atoms with Gasteiger partial charge in [-0.05, 0) is 79.9 Å². The molecule has 0 fully saturated rings. The fraction of sp³-hybridized carbons (Fsp3) is 0.290. The number of nitrogens with one attached hydrogen (secondary N) is 2. The molecule has 1 aromatic heterocycles. The van der Waals surface area contributed by atoms with Crippen LogP contribution in [-0.4, -0.2) is 51.1 Å². The van der Waals surface area contributed by atoms with Gasteiger partial charge >= 0.3 is 0 Å². The number of benzene rings is 3. The lowest BCUT2D eigenvalue weighted by Crippen LogP contribution is -2.19. The third-order valence-corrected chi connectivity index (χ3v) is 6.73. The summed E-state index contributed by atoms with van der Waals surface area (Å²) in [6.45, 7) is 4.88. The molecule has 4 aromatic rings. The molecule has 7 nitrogen and oxygen atoms in total. The van der Waals surface area contributed by atoms with Crippen LogP contribution in [0, 0.1) is 0 Å². The van der Waals surface area contributed by atoms with Gasteiger partial charge < -0.3 is 24.5 Å². The molecule has 6 rings (SSSR count). The predicted octanol–water partition coefficient (Wildman–Crippen LogP) is 6.27. The Bertz CT molecular complexity index is 1450. The number of hydrogen-bond acceptors (Lipinski definition) is 7. The van der Waals surface area contributed by atoms with Gasteiger partial charge in [-0.15, -0.1) is 24.8 Å². The van der Waals surface area contributed by atoms with Gasteiger partial charge in [0.25, 0.3) is 0 Å². The molecule has 2 aliphatic rings. The van der Waals surface area contributed by atoms with Crippen LogP contribution in [0.3, 0.4) is 0 Å². The van der Waals surface area contributed by atoms with Crippen molar-refractivity contribution in [1.82, 2.24) is 10.6 Å². The second kappa shape index (κ2) is 14.1. The number of furan rings is 1. The fourth-order valence-electron chi connectivity index (χ4n) is 4.69. The third-order valence-electron chi connectivity index (χ3n) is 6.73. The zero-order valence-corrected chi connectivity index (χ0v) is 23.9. The van der Waals surface area contributed by atoms with E-state index in [1.165, 1.54) is 0 Å². The van der Waals surface area contributed by atoms with Crippen molar-refractivity contribution in [2.75, 3.05) is 39.4 Å². The number of aliphatic imine (C=N–C) groups is 2. The summed E-state index contributed by atoms with van der Waals surface area (Å²) in [5.41, 5.74) is 4.07. The lowest BCUT2D eigenvalue weighted by Gasteiger charge is -2.09. The Balaban J connectivity index is 0.00000185. The number of rotatable bonds is 11. The number of unbranched alkanes of at least 4 members (excludes halogenated alkanes) is 2. The van der Waals surface area contributed by atoms with E-state index in [1.54, 1.807) is 0 Å². The van der Waals surface area contributed by atoms with E-state index in [0.717, 1.165) is 102 Å². The van der Waals surface area contributed by atoms with Gasteiger partial charge in [-0.2, -0.15) is 0 Å². The van der Waals surface area contributed by atoms with Gasteiger partial charge in [0.05, 0.1) is 26.3 Å². The average Bonchev–Trinajstić information content (AvgIpc) is 3.75. The SMILES string of the molecule is Cl.Cl.c1cc(C2=NCCN2)ccc1OCCCCCOc1ccc(-c2cc3ccc(C4=NCCN4)cc3o2)cc1. The molecule has 0 aliphatic carbocycles. The molecule has 0 spiro atoms. The van der Waals surface area contributed by atoms with E-state index in [9.17, 15) is 0 Å². The maximum absolute atomic E-state index is 6.15. The normalized spacial score (nSPS) is 13.9. The van der Waals surface area contributed by atoms with Crippen molar-refractivity contribution in [3.8, 4) is 22.8 Å². The highest BCUT2D eigenvalue weighted by Gasteiger charge is 2.12. The van der Waals surface area contributed by atoms with Gasteiger partial charge in [-0.1, -0.05) is 12.1 Å². The van der Waals surface area contributed by atoms with Crippen molar-refractivity contribution in [3.63, 3.8) is 0 Å². The molecule has 9 heteroatoms. The number of ether oxygens (including phenoxy) is 2. The maximum Gasteiger partial charge on any atom is 0.135 e. The van der Waals surface area contributed by atoms with Crippen LogP contribution in [0.4, 0.5) is 0 Å². The lowest BCUT2D eigenvalue weighted by atomic mass is 10.1. The largest absolute Gasteiger partial charge is 0.494 e. The number of hydrogen-bond donors (Lipinski definition) is 2. The molecule has 2 N–H and O–H groups in total. The molecule has 0 saturated carbocycles. The van der Waals surface area contributed by atoms with Gasteiger partial charge in [0, 0.05) is 35.2 Å². The first-order valence-electron chi connectivity index (χ1n) is 13.4. The Morgan fingerprint density at radius 3 is 1.75 bits per heavy atom. The minimum atomic E-state index is 0. The van der Waals surface area contributed by atoms with Crippen molar-refractivity contribution >= 4 is 47.5 Å². The molecule has 2 aliphatic heterocycles. The van der Waals surface area contributed by atoms with Crippen molar-refractivity contribution < 1.29 is 13.9 Å². The predicted molar refractivity (Wildman–Crippen MR) is 166 cm³/mol. The van der Waals surface area contributed by atoms with Crippen LogP contribution in [0.2, 0.25) is 0 Å². The molecule has 0 amide bonds. The van der Waals surface area contributed by atoms with Gasteiger partial charge in [0.1, 0.15) is 34.5 Å². The molecule has 0 unspecified atom stereocenters. The van der Waals surface area contributed by atoms with Crippen molar-refractivity contribution in [2.24, 2.45) is 9.98 Å². The van der Waals surface area contributed by atoms with E-state index in [-0.39, 0.29) is 24.8 Å². The van der Waals surface area contributed by atoms with Gasteiger partial charge in [0.2, 0.25) is 0 Å². The summed E-state index contributed by atoms with van der Waals surface area (Å²) in [6, 6.07) is 24.5. The molecule has 0 saturated heterocycles. The van der Waals surface area contributed by atoms with Gasteiger partial charge in [-0.25, -0.2) is 0 Å². The Morgan fingerprint density at radius 1 is 0.625 bits per heavy atom. The summed E-state index contributed by atoms with van der Waals surface area (Å²) in [5, 5.41) is 7.68. The zero-order chi connectivity index (χ0) is 25.6. The van der Waals surface area contributed by atoms with Crippen molar-refractivity contribution in [2.45, 2.75) is 19.3 Å². The molecule has 0 radical (unpaired) electrons. The van der Waals surface area contributed by atoms with Crippen LogP contribution >= 0.6 is 24.8 Å². The average molecular weight is 582 g/mol. The van der Waals surface area contributed by atoms with E-state index < -0.39 is 0 Å². The van der Waals surface area contributed by atoms with E-state index in [0.29, 0.717) is 13.2 Å². The Kier molecular flexibility index (Phi) is 10.3. The highest BCUT2D eigenvalue weighted by molar-refractivity contribution is 6.02. The Hall–Kier alpha value is -3.68. The van der Waals surface area contributed by atoms with E-state index in [1.807, 2.05) is 36.4 Å². The molecule has 0 atom stereocenters. The van der Waals surface area contributed by atoms with Crippen LogP contribution in [0.25, 0.3) is 22.3 Å². The quantitative estimate of drug-likeness (QED) is 0.204. The smallest absolute Gasteiger partial charge is 0.135 e. The Labute approximate surface area is 246 Å². The minimum Gasteiger partial charge on any atom is -0.494 e. The molecule has 0 bridgehead atoms. The lowest BCUT2D eigenvalue weighted by molar-refractivity contribution is 0.279. The topological polar surface area (TPSA) is 80.4 Å². The first kappa shape index (κ1) is 29.3. The number of halogens is 2. The highest BCUT2D eigenvalue weighted by Crippen LogP contribution is 2.30. The number of amidine groups is 2. The number of nitrogens with zero attached hydrogens (tertiary/aromatic N) is 2. The van der Waals surface area contributed by atoms with Crippen molar-refractivity contribution in [1.29, 1.82) is 0 Å². The number of fused-ring (bicyclic) bond motifs is 1. The van der Waals surface area contributed by atoms with Gasteiger partial charge in [0.15, 0.2) is 0 Å². The molecule has 3 aromatic carbocycles. The molecule has 210 valence electrons. The van der Waals surface area contributed by atoms with Gasteiger partial charge in [-0.3, -0.25) is 9.98 Å². The standard InChI is InChI=1S/C31H32N4O3.2ClH/c1(3-19-37-27-12-8-23(9-13-27)30-32-14-15-33-30)2-18-36-26-10-6-22(7-11-26)28-20-24-4-5-25(21-29(24)38-28)31-34-16-17-35-31;;/h4-13,20-21H,1-3,14-19H2,(H,32,33)(H,34,35);2*1H. The first-order chi connectivity index (χ1) is 18.8. The van der Waals surface area contributed by atoms with E-state index >= 15 is 0 Å². The van der Waals surface area contributed by atoms with E-state index in [4.69, 9.17) is 13.9 Å². The summed E-state index contributed by atoms with van der Waals surface area (Å²) >= 11 is 0. The van der Waals surface area contributed by atoms with Crippen LogP contribution in [0.1, 0.15) is 30.4 Å². The van der Waals surface area contributed by atoms with Crippen LogP contribution in [-0.2, 0) is 0 Å². The van der Waals surface area contributed by atoms with Crippen LogP contribution < -0.4 is 20.1 Å². The second-order valence-corrected chi connectivity index (χ2v) is 9.48. The highest BCUT2D eigenvalue weighted by atomic mass is 35.5.